The molecule has 104 valence electrons. The molecule has 0 saturated carbocycles. The van der Waals surface area contributed by atoms with Gasteiger partial charge in [-0.2, -0.15) is 0 Å². The van der Waals surface area contributed by atoms with E-state index >= 15 is 0 Å². The molecule has 3 nitrogen and oxygen atoms in total. The normalized spacial score (nSPS) is 10.3. The third-order valence-corrected chi connectivity index (χ3v) is 3.31. The van der Waals surface area contributed by atoms with Crippen molar-refractivity contribution in [3.05, 3.63) is 64.7 Å². The molecule has 20 heavy (non-hydrogen) atoms. The van der Waals surface area contributed by atoms with E-state index in [4.69, 9.17) is 17.3 Å². The van der Waals surface area contributed by atoms with E-state index in [2.05, 4.69) is 12.1 Å². The van der Waals surface area contributed by atoms with Crippen molar-refractivity contribution in [2.75, 3.05) is 19.3 Å². The minimum atomic E-state index is -0.0740. The molecule has 0 unspecified atom stereocenters. The van der Waals surface area contributed by atoms with Crippen LogP contribution in [0.2, 0.25) is 5.02 Å². The Hall–Kier alpha value is -2.00. The summed E-state index contributed by atoms with van der Waals surface area (Å²) in [5.41, 5.74) is 7.93. The first kappa shape index (κ1) is 14.4. The molecule has 1 amide bonds. The number of likely N-dealkylation sites (N-methyl/N-ethyl adjacent to an activating group) is 1. The van der Waals surface area contributed by atoms with Gasteiger partial charge in [0, 0.05) is 29.9 Å². The van der Waals surface area contributed by atoms with Crippen LogP contribution in [0.15, 0.2) is 48.5 Å². The first-order valence-corrected chi connectivity index (χ1v) is 6.79. The second-order valence-corrected chi connectivity index (χ2v) is 5.17. The fourth-order valence-electron chi connectivity index (χ4n) is 2.00. The van der Waals surface area contributed by atoms with Crippen LogP contribution in [0.5, 0.6) is 0 Å². The summed E-state index contributed by atoms with van der Waals surface area (Å²) in [4.78, 5) is 14.0. The van der Waals surface area contributed by atoms with E-state index in [0.717, 1.165) is 6.42 Å². The number of nitrogens with zero attached hydrogens (tertiary/aromatic N) is 1. The molecule has 4 heteroatoms. The van der Waals surface area contributed by atoms with Crippen molar-refractivity contribution in [2.45, 2.75) is 6.42 Å². The van der Waals surface area contributed by atoms with Crippen molar-refractivity contribution in [2.24, 2.45) is 0 Å². The number of hydrogen-bond donors (Lipinski definition) is 1. The SMILES string of the molecule is CN(CCc1ccccc1)C(=O)c1cc(N)cc(Cl)c1. The first-order chi connectivity index (χ1) is 9.56. The van der Waals surface area contributed by atoms with Crippen molar-refractivity contribution in [3.8, 4) is 0 Å². The predicted octanol–water partition coefficient (Wildman–Crippen LogP) is 3.24. The minimum Gasteiger partial charge on any atom is -0.399 e. The van der Waals surface area contributed by atoms with Gasteiger partial charge in [0.05, 0.1) is 0 Å². The molecule has 0 fully saturated rings. The highest BCUT2D eigenvalue weighted by atomic mass is 35.5. The van der Waals surface area contributed by atoms with E-state index in [1.165, 1.54) is 5.56 Å². The summed E-state index contributed by atoms with van der Waals surface area (Å²) in [6.45, 7) is 0.648. The zero-order valence-electron chi connectivity index (χ0n) is 11.3. The minimum absolute atomic E-state index is 0.0740. The van der Waals surface area contributed by atoms with Crippen LogP contribution in [0.4, 0.5) is 5.69 Å². The molecule has 0 atom stereocenters. The van der Waals surface area contributed by atoms with Crippen LogP contribution in [0, 0.1) is 0 Å². The summed E-state index contributed by atoms with van der Waals surface area (Å²) in [6, 6.07) is 15.0. The number of nitrogens with two attached hydrogens (primary N) is 1. The molecule has 0 radical (unpaired) electrons. The van der Waals surface area contributed by atoms with Gasteiger partial charge in [-0.25, -0.2) is 0 Å². The molecule has 0 bridgehead atoms. The Balaban J connectivity index is 2.01. The number of carbonyl (C=O) groups is 1. The van der Waals surface area contributed by atoms with Crippen LogP contribution < -0.4 is 5.73 Å². The molecule has 0 aliphatic carbocycles. The number of carbonyl (C=O) groups excluding carboxylic acids is 1. The van der Waals surface area contributed by atoms with E-state index in [1.54, 1.807) is 30.1 Å². The third kappa shape index (κ3) is 3.75. The molecular weight excluding hydrogens is 272 g/mol. The van der Waals surface area contributed by atoms with E-state index in [1.807, 2.05) is 18.2 Å². The molecule has 0 heterocycles. The summed E-state index contributed by atoms with van der Waals surface area (Å²) >= 11 is 5.92. The van der Waals surface area contributed by atoms with Crippen molar-refractivity contribution >= 4 is 23.2 Å². The highest BCUT2D eigenvalue weighted by molar-refractivity contribution is 6.31. The van der Waals surface area contributed by atoms with Crippen LogP contribution in [-0.4, -0.2) is 24.4 Å². The van der Waals surface area contributed by atoms with Gasteiger partial charge in [0.2, 0.25) is 0 Å². The summed E-state index contributed by atoms with van der Waals surface area (Å²) in [6.07, 6.45) is 0.819. The first-order valence-electron chi connectivity index (χ1n) is 6.42. The highest BCUT2D eigenvalue weighted by Gasteiger charge is 2.12. The van der Waals surface area contributed by atoms with Crippen molar-refractivity contribution < 1.29 is 4.79 Å². The Kier molecular flexibility index (Phi) is 4.64. The van der Waals surface area contributed by atoms with Gasteiger partial charge >= 0.3 is 0 Å². The second-order valence-electron chi connectivity index (χ2n) is 4.74. The summed E-state index contributed by atoms with van der Waals surface area (Å²) < 4.78 is 0. The average molecular weight is 289 g/mol. The Bertz CT molecular complexity index is 578. The molecule has 2 aromatic rings. The maximum Gasteiger partial charge on any atom is 0.253 e. The summed E-state index contributed by atoms with van der Waals surface area (Å²) in [5, 5.41) is 0.477. The zero-order chi connectivity index (χ0) is 14.5. The van der Waals surface area contributed by atoms with Crippen molar-refractivity contribution in [1.82, 2.24) is 4.90 Å². The van der Waals surface area contributed by atoms with Gasteiger partial charge in [-0.3, -0.25) is 4.79 Å². The van der Waals surface area contributed by atoms with E-state index < -0.39 is 0 Å². The lowest BCUT2D eigenvalue weighted by molar-refractivity contribution is 0.0796. The standard InChI is InChI=1S/C16H17ClN2O/c1-19(8-7-12-5-3-2-4-6-12)16(20)13-9-14(17)11-15(18)10-13/h2-6,9-11H,7-8,18H2,1H3. The maximum absolute atomic E-state index is 12.3. The lowest BCUT2D eigenvalue weighted by Crippen LogP contribution is -2.28. The van der Waals surface area contributed by atoms with Gasteiger partial charge in [-0.1, -0.05) is 41.9 Å². The quantitative estimate of drug-likeness (QED) is 0.878. The van der Waals surface area contributed by atoms with Crippen LogP contribution in [0.1, 0.15) is 15.9 Å². The second kappa shape index (κ2) is 6.44. The Morgan fingerprint density at radius 3 is 2.55 bits per heavy atom. The smallest absolute Gasteiger partial charge is 0.253 e. The molecule has 0 aliphatic heterocycles. The molecule has 0 saturated heterocycles. The monoisotopic (exact) mass is 288 g/mol. The summed E-state index contributed by atoms with van der Waals surface area (Å²) in [7, 11) is 1.78. The number of benzene rings is 2. The van der Waals surface area contributed by atoms with Crippen LogP contribution in [-0.2, 0) is 6.42 Å². The van der Waals surface area contributed by atoms with Crippen molar-refractivity contribution in [1.29, 1.82) is 0 Å². The molecule has 2 rings (SSSR count). The topological polar surface area (TPSA) is 46.3 Å². The number of rotatable bonds is 4. The zero-order valence-corrected chi connectivity index (χ0v) is 12.1. The van der Waals surface area contributed by atoms with E-state index in [0.29, 0.717) is 22.8 Å². The highest BCUT2D eigenvalue weighted by Crippen LogP contribution is 2.17. The van der Waals surface area contributed by atoms with E-state index in [9.17, 15) is 4.79 Å². The number of nitrogen functional groups attached to an aromatic ring is 1. The predicted molar refractivity (Wildman–Crippen MR) is 83.0 cm³/mol. The van der Waals surface area contributed by atoms with Gasteiger partial charge in [0.15, 0.2) is 0 Å². The lowest BCUT2D eigenvalue weighted by atomic mass is 10.1. The average Bonchev–Trinajstić information content (AvgIpc) is 2.44. The Morgan fingerprint density at radius 2 is 1.90 bits per heavy atom. The number of amides is 1. The van der Waals surface area contributed by atoms with E-state index in [-0.39, 0.29) is 5.91 Å². The van der Waals surface area contributed by atoms with Gasteiger partial charge in [0.1, 0.15) is 0 Å². The van der Waals surface area contributed by atoms with Gasteiger partial charge in [-0.05, 0) is 30.2 Å². The largest absolute Gasteiger partial charge is 0.399 e. The number of halogens is 1. The van der Waals surface area contributed by atoms with Gasteiger partial charge in [0.25, 0.3) is 5.91 Å². The van der Waals surface area contributed by atoms with Crippen molar-refractivity contribution in [3.63, 3.8) is 0 Å². The molecule has 2 N–H and O–H groups in total. The van der Waals surface area contributed by atoms with Gasteiger partial charge in [-0.15, -0.1) is 0 Å². The number of hydrogen-bond acceptors (Lipinski definition) is 2. The molecular formula is C16H17ClN2O. The summed E-state index contributed by atoms with van der Waals surface area (Å²) in [5.74, 6) is -0.0740. The maximum atomic E-state index is 12.3. The fourth-order valence-corrected chi connectivity index (χ4v) is 2.24. The third-order valence-electron chi connectivity index (χ3n) is 3.09. The number of anilines is 1. The molecule has 0 spiro atoms. The lowest BCUT2D eigenvalue weighted by Gasteiger charge is -2.17. The molecule has 0 aliphatic rings. The van der Waals surface area contributed by atoms with Crippen LogP contribution in [0.3, 0.4) is 0 Å². The Morgan fingerprint density at radius 1 is 1.20 bits per heavy atom. The molecule has 0 aromatic heterocycles. The molecule has 2 aromatic carbocycles. The fraction of sp³-hybridized carbons (Fsp3) is 0.188. The van der Waals surface area contributed by atoms with Gasteiger partial charge < -0.3 is 10.6 Å². The van der Waals surface area contributed by atoms with Crippen LogP contribution >= 0.6 is 11.6 Å². The van der Waals surface area contributed by atoms with Crippen LogP contribution in [0.25, 0.3) is 0 Å². The Labute approximate surface area is 124 Å².